The first-order valence-electron chi connectivity index (χ1n) is 32.2. The SMILES string of the molecule is CSCC[C@H](NC(=O)[C@H](CC(C)C)NC(=O)CNC(=O)[C@@H](Cc1ccccc1)NC(=O)[C@@H](Cc1ccccc1)NC(=O)[C@H](CCC(N)=O)NC(=O)[C@H](CCC(N)=O)NC(=O)[C@@H]1CCCN1C(=O)[C@H](CCCCN)NC(=O)[C@@H]1CCCN1C(=O)[C@H](N)CCCN=C(N)N)C(N)=O. The highest BCUT2D eigenvalue weighted by Gasteiger charge is 2.42. The third-order valence-corrected chi connectivity index (χ3v) is 16.7. The van der Waals surface area contributed by atoms with Crippen LogP contribution in [0.5, 0.6) is 0 Å². The van der Waals surface area contributed by atoms with Gasteiger partial charge in [-0.25, -0.2) is 0 Å². The topological polar surface area (TPSA) is 519 Å². The normalized spacial score (nSPS) is 16.8. The lowest BCUT2D eigenvalue weighted by Gasteiger charge is -2.32. The van der Waals surface area contributed by atoms with Gasteiger partial charge in [0.15, 0.2) is 5.96 Å². The van der Waals surface area contributed by atoms with Crippen LogP contribution in [0.4, 0.5) is 0 Å². The minimum atomic E-state index is -1.64. The van der Waals surface area contributed by atoms with Crippen molar-refractivity contribution in [1.29, 1.82) is 0 Å². The largest absolute Gasteiger partial charge is 0.370 e. The number of benzene rings is 2. The number of hydrogen-bond acceptors (Lipinski definition) is 17. The number of hydrogen-bond donors (Lipinski definition) is 15. The number of rotatable bonds is 42. The molecule has 2 saturated heterocycles. The number of primary amides is 3. The second kappa shape index (κ2) is 41.0. The number of carbonyl (C=O) groups excluding carboxylic acids is 13. The molecule has 0 aliphatic carbocycles. The molecule has 0 spiro atoms. The van der Waals surface area contributed by atoms with Gasteiger partial charge in [-0.15, -0.1) is 0 Å². The van der Waals surface area contributed by atoms with Gasteiger partial charge in [0.05, 0.1) is 12.6 Å². The monoisotopic (exact) mass is 1350 g/mol. The molecule has 2 aliphatic heterocycles. The van der Waals surface area contributed by atoms with Gasteiger partial charge in [0.2, 0.25) is 76.8 Å². The highest BCUT2D eigenvalue weighted by atomic mass is 32.2. The van der Waals surface area contributed by atoms with Crippen LogP contribution >= 0.6 is 11.8 Å². The fourth-order valence-electron chi connectivity index (χ4n) is 11.0. The zero-order chi connectivity index (χ0) is 70.1. The minimum Gasteiger partial charge on any atom is -0.370 e. The van der Waals surface area contributed by atoms with Gasteiger partial charge in [-0.05, 0) is 119 Å². The Labute approximate surface area is 558 Å². The van der Waals surface area contributed by atoms with Crippen molar-refractivity contribution in [3.05, 3.63) is 71.8 Å². The minimum absolute atomic E-state index is 0.0736. The molecular weight excluding hydrogens is 1250 g/mol. The molecule has 2 fully saturated rings. The van der Waals surface area contributed by atoms with E-state index >= 15 is 0 Å². The van der Waals surface area contributed by atoms with Crippen molar-refractivity contribution in [1.82, 2.24) is 52.3 Å². The third-order valence-electron chi connectivity index (χ3n) is 16.0. The van der Waals surface area contributed by atoms with Crippen molar-refractivity contribution >= 4 is 94.5 Å². The standard InChI is InChI=1S/C63H98N18O13S/c1-37(2)33-45(57(89)74-41(53(68)85)27-32-95-3)73-52(84)36-72-54(86)46(34-38-15-6-4-7-16-38)78-58(90)47(35-39-17-8-5-9-18-39)79-56(88)42(23-25-50(66)82)75-55(87)43(24-26-51(67)83)76-59(91)49-22-14-31-81(49)62(94)44(20-10-11-28-64)77-60(92)48-21-13-30-80(48)61(93)40(65)19-12-29-71-63(69)70/h4-9,15-18,37,40-49H,10-14,19-36,64-65H2,1-3H3,(H2,66,82)(H2,67,83)(H2,68,85)(H,72,86)(H,73,84)(H,74,89)(H,75,87)(H,76,91)(H,77,92)(H,78,90)(H,79,88)(H4,69,70,71)/t40-,41+,42+,43+,44+,45+,46-,47-,48+,49+/m1/s1. The zero-order valence-corrected chi connectivity index (χ0v) is 55.3. The molecule has 95 heavy (non-hydrogen) atoms. The van der Waals surface area contributed by atoms with Crippen LogP contribution < -0.4 is 82.7 Å². The maximum atomic E-state index is 14.7. The van der Waals surface area contributed by atoms with E-state index in [-0.39, 0.29) is 83.0 Å². The second-order valence-corrected chi connectivity index (χ2v) is 25.1. The predicted molar refractivity (Wildman–Crippen MR) is 356 cm³/mol. The van der Waals surface area contributed by atoms with Crippen LogP contribution in [0, 0.1) is 5.92 Å². The van der Waals surface area contributed by atoms with Crippen molar-refractivity contribution in [2.45, 2.75) is 183 Å². The molecular formula is C63H98N18O13S. The van der Waals surface area contributed by atoms with Crippen molar-refractivity contribution in [2.75, 3.05) is 44.7 Å². The van der Waals surface area contributed by atoms with Gasteiger partial charge in [-0.1, -0.05) is 74.5 Å². The molecule has 2 heterocycles. The first-order chi connectivity index (χ1) is 45.2. The Morgan fingerprint density at radius 2 is 1.01 bits per heavy atom. The van der Waals surface area contributed by atoms with Crippen molar-refractivity contribution in [3.8, 4) is 0 Å². The highest BCUT2D eigenvalue weighted by Crippen LogP contribution is 2.24. The molecule has 13 amide bonds. The highest BCUT2D eigenvalue weighted by molar-refractivity contribution is 7.98. The summed E-state index contributed by atoms with van der Waals surface area (Å²) in [7, 11) is 0. The number of nitrogens with one attached hydrogen (secondary N) is 8. The molecule has 22 N–H and O–H groups in total. The molecule has 4 rings (SSSR count). The number of guanidine groups is 1. The lowest BCUT2D eigenvalue weighted by molar-refractivity contribution is -0.144. The van der Waals surface area contributed by atoms with Gasteiger partial charge >= 0.3 is 0 Å². The van der Waals surface area contributed by atoms with Crippen molar-refractivity contribution in [3.63, 3.8) is 0 Å². The van der Waals surface area contributed by atoms with E-state index in [9.17, 15) is 62.3 Å². The van der Waals surface area contributed by atoms with E-state index in [1.165, 1.54) is 21.6 Å². The molecule has 2 aliphatic rings. The van der Waals surface area contributed by atoms with Crippen LogP contribution in [0.2, 0.25) is 0 Å². The van der Waals surface area contributed by atoms with Crippen LogP contribution in [0.25, 0.3) is 0 Å². The molecule has 2 aromatic rings. The molecule has 0 bridgehead atoms. The zero-order valence-electron chi connectivity index (χ0n) is 54.5. The lowest BCUT2D eigenvalue weighted by Crippen LogP contribution is -2.60. The summed E-state index contributed by atoms with van der Waals surface area (Å²) in [5, 5.41) is 21.1. The van der Waals surface area contributed by atoms with Crippen molar-refractivity contribution in [2.24, 2.45) is 51.0 Å². The average molecular weight is 1350 g/mol. The maximum absolute atomic E-state index is 14.7. The lowest BCUT2D eigenvalue weighted by atomic mass is 10.0. The summed E-state index contributed by atoms with van der Waals surface area (Å²) in [5.41, 5.74) is 40.6. The number of unbranched alkanes of at least 4 members (excludes halogenated alkanes) is 1. The van der Waals surface area contributed by atoms with Gasteiger partial charge in [-0.3, -0.25) is 67.3 Å². The van der Waals surface area contributed by atoms with E-state index in [0.29, 0.717) is 55.4 Å². The summed E-state index contributed by atoms with van der Waals surface area (Å²) in [6.07, 6.45) is 3.12. The van der Waals surface area contributed by atoms with Gasteiger partial charge < -0.3 is 92.5 Å². The fourth-order valence-corrected chi connectivity index (χ4v) is 11.5. The summed E-state index contributed by atoms with van der Waals surface area (Å²) in [6.45, 7) is 3.86. The molecule has 10 atom stereocenters. The molecule has 0 unspecified atom stereocenters. The molecule has 524 valence electrons. The maximum Gasteiger partial charge on any atom is 0.245 e. The van der Waals surface area contributed by atoms with Crippen molar-refractivity contribution < 1.29 is 62.3 Å². The number of amides is 13. The molecule has 31 nitrogen and oxygen atoms in total. The van der Waals surface area contributed by atoms with E-state index < -0.39 is 169 Å². The summed E-state index contributed by atoms with van der Waals surface area (Å²) in [5.74, 6) is -9.80. The van der Waals surface area contributed by atoms with Gasteiger partial charge in [0.1, 0.15) is 54.4 Å². The van der Waals surface area contributed by atoms with Crippen LogP contribution in [0.15, 0.2) is 65.7 Å². The average Bonchev–Trinajstić information content (AvgIpc) is 1.74. The van der Waals surface area contributed by atoms with Gasteiger partial charge in [0, 0.05) is 45.3 Å². The molecule has 2 aromatic carbocycles. The number of likely N-dealkylation sites (tertiary alicyclic amines) is 2. The number of thioether (sulfide) groups is 1. The van der Waals surface area contributed by atoms with E-state index in [0.717, 1.165) is 0 Å². The van der Waals surface area contributed by atoms with E-state index in [1.54, 1.807) is 60.7 Å². The summed E-state index contributed by atoms with van der Waals surface area (Å²) in [6, 6.07) is 4.51. The number of nitrogens with two attached hydrogens (primary N) is 7. The summed E-state index contributed by atoms with van der Waals surface area (Å²) in [4.78, 5) is 185. The van der Waals surface area contributed by atoms with E-state index in [1.807, 2.05) is 20.1 Å². The van der Waals surface area contributed by atoms with Gasteiger partial charge in [-0.2, -0.15) is 11.8 Å². The number of aliphatic imine (C=N–C) groups is 1. The Balaban J connectivity index is 1.56. The predicted octanol–water partition coefficient (Wildman–Crippen LogP) is -3.71. The molecule has 0 aromatic heterocycles. The van der Waals surface area contributed by atoms with Crippen LogP contribution in [-0.4, -0.2) is 198 Å². The third kappa shape index (κ3) is 27.5. The Kier molecular flexibility index (Phi) is 33.9. The van der Waals surface area contributed by atoms with Gasteiger partial charge in [0.25, 0.3) is 0 Å². The van der Waals surface area contributed by atoms with Crippen LogP contribution in [0.1, 0.15) is 121 Å². The second-order valence-electron chi connectivity index (χ2n) is 24.1. The van der Waals surface area contributed by atoms with E-state index in [2.05, 4.69) is 47.5 Å². The summed E-state index contributed by atoms with van der Waals surface area (Å²) < 4.78 is 0. The first kappa shape index (κ1) is 78.5. The first-order valence-corrected chi connectivity index (χ1v) is 33.6. The Morgan fingerprint density at radius 3 is 1.51 bits per heavy atom. The molecule has 32 heteroatoms. The number of carbonyl (C=O) groups is 13. The smallest absolute Gasteiger partial charge is 0.245 e. The van der Waals surface area contributed by atoms with E-state index in [4.69, 9.17) is 40.1 Å². The Morgan fingerprint density at radius 1 is 0.537 bits per heavy atom. The number of nitrogens with zero attached hydrogens (tertiary/aromatic N) is 3. The molecule has 0 saturated carbocycles. The fraction of sp³-hybridized carbons (Fsp3) is 0.587. The molecule has 0 radical (unpaired) electrons. The quantitative estimate of drug-likeness (QED) is 0.0173. The van der Waals surface area contributed by atoms with Crippen LogP contribution in [0.3, 0.4) is 0 Å². The Hall–Kier alpha value is -8.91. The Bertz CT molecular complexity index is 2960. The summed E-state index contributed by atoms with van der Waals surface area (Å²) >= 11 is 1.45. The van der Waals surface area contributed by atoms with Crippen LogP contribution in [-0.2, 0) is 75.2 Å².